The van der Waals surface area contributed by atoms with Crippen molar-refractivity contribution >= 4 is 50.5 Å². The van der Waals surface area contributed by atoms with E-state index >= 15 is 0 Å². The maximum absolute atomic E-state index is 13.2. The molecule has 0 saturated carbocycles. The molecule has 1 aliphatic rings. The molecule has 8 heteroatoms. The Morgan fingerprint density at radius 2 is 2.00 bits per heavy atom. The van der Waals surface area contributed by atoms with E-state index in [1.807, 2.05) is 19.9 Å². The van der Waals surface area contributed by atoms with Gasteiger partial charge in [0.1, 0.15) is 12.4 Å². The van der Waals surface area contributed by atoms with Crippen LogP contribution in [0.3, 0.4) is 0 Å². The molecule has 1 heterocycles. The van der Waals surface area contributed by atoms with Gasteiger partial charge in [0, 0.05) is 6.54 Å². The summed E-state index contributed by atoms with van der Waals surface area (Å²) < 4.78 is 25.1. The first-order chi connectivity index (χ1) is 15.0. The maximum Gasteiger partial charge on any atom is 0.266 e. The van der Waals surface area contributed by atoms with E-state index in [0.29, 0.717) is 44.9 Å². The van der Waals surface area contributed by atoms with Crippen LogP contribution in [0.15, 0.2) is 50.8 Å². The molecule has 5 nitrogen and oxygen atoms in total. The molecule has 0 spiro atoms. The van der Waals surface area contributed by atoms with Crippen molar-refractivity contribution in [2.75, 3.05) is 19.8 Å². The van der Waals surface area contributed by atoms with Crippen molar-refractivity contribution in [3.8, 4) is 23.8 Å². The number of hydrogen-bond acceptors (Lipinski definition) is 5. The molecule has 31 heavy (non-hydrogen) atoms. The Balaban J connectivity index is 1.94. The number of hydrogen-bond donors (Lipinski definition) is 0. The average Bonchev–Trinajstić information content (AvgIpc) is 3.03. The van der Waals surface area contributed by atoms with Gasteiger partial charge in [-0.1, -0.05) is 5.92 Å². The first-order valence-corrected chi connectivity index (χ1v) is 11.2. The van der Waals surface area contributed by atoms with Crippen LogP contribution in [-0.4, -0.2) is 35.7 Å². The number of likely N-dealkylation sites (N-methyl/N-ethyl adjacent to an activating group) is 1. The molecule has 2 aromatic rings. The second-order valence-corrected chi connectivity index (χ2v) is 8.15. The Labute approximate surface area is 193 Å². The van der Waals surface area contributed by atoms with Gasteiger partial charge < -0.3 is 9.47 Å². The van der Waals surface area contributed by atoms with Crippen LogP contribution in [0, 0.1) is 18.2 Å². The molecule has 0 unspecified atom stereocenters. The Morgan fingerprint density at radius 3 is 2.65 bits per heavy atom. The van der Waals surface area contributed by atoms with Gasteiger partial charge in [-0.3, -0.25) is 9.69 Å². The van der Waals surface area contributed by atoms with Gasteiger partial charge >= 0.3 is 0 Å². The van der Waals surface area contributed by atoms with Crippen LogP contribution in [0.1, 0.15) is 19.4 Å². The van der Waals surface area contributed by atoms with Gasteiger partial charge in [-0.15, -0.1) is 6.42 Å². The Bertz CT molecular complexity index is 1080. The van der Waals surface area contributed by atoms with Crippen molar-refractivity contribution in [1.82, 2.24) is 4.90 Å². The molecule has 0 bridgehead atoms. The number of carbonyl (C=O) groups excluding carboxylic acids is 1. The number of carbonyl (C=O) groups is 1. The van der Waals surface area contributed by atoms with Crippen LogP contribution in [0.25, 0.3) is 6.08 Å². The summed E-state index contributed by atoms with van der Waals surface area (Å²) in [4.78, 5) is 19.5. The lowest BCUT2D eigenvalue weighted by Gasteiger charge is -2.13. The van der Waals surface area contributed by atoms with Gasteiger partial charge in [-0.2, -0.15) is 0 Å². The highest BCUT2D eigenvalue weighted by Gasteiger charge is 2.32. The minimum atomic E-state index is -0.336. The number of benzene rings is 2. The van der Waals surface area contributed by atoms with Crippen LogP contribution in [-0.2, 0) is 4.79 Å². The van der Waals surface area contributed by atoms with Crippen LogP contribution >= 0.6 is 27.7 Å². The normalized spacial score (nSPS) is 16.1. The van der Waals surface area contributed by atoms with E-state index in [1.54, 1.807) is 29.2 Å². The molecule has 1 saturated heterocycles. The van der Waals surface area contributed by atoms with Crippen molar-refractivity contribution < 1.29 is 18.7 Å². The molecule has 160 valence electrons. The van der Waals surface area contributed by atoms with E-state index in [9.17, 15) is 9.18 Å². The minimum Gasteiger partial charge on any atom is -0.490 e. The molecule has 0 N–H and O–H groups in total. The standard InChI is InChI=1S/C23H20BrFN2O3S/c1-4-11-30-21-18(24)12-15(13-19(21)29-6-3)14-20-22(28)27(5-2)23(31-20)26-17-9-7-16(25)8-10-17/h1,7-10,12-14H,5-6,11H2,2-3H3/b20-14+,26-23?. The predicted octanol–water partition coefficient (Wildman–Crippen LogP) is 5.62. The molecule has 3 rings (SSSR count). The van der Waals surface area contributed by atoms with E-state index in [-0.39, 0.29) is 18.3 Å². The SMILES string of the molecule is C#CCOc1c(Br)cc(/C=C2/SC(=Nc3ccc(F)cc3)N(CC)C2=O)cc1OCC. The highest BCUT2D eigenvalue weighted by atomic mass is 79.9. The van der Waals surface area contributed by atoms with Crippen molar-refractivity contribution in [3.05, 3.63) is 57.2 Å². The van der Waals surface area contributed by atoms with Crippen molar-refractivity contribution in [2.24, 2.45) is 4.99 Å². The maximum atomic E-state index is 13.2. The molecule has 0 radical (unpaired) electrons. The van der Waals surface area contributed by atoms with Crippen LogP contribution in [0.5, 0.6) is 11.5 Å². The van der Waals surface area contributed by atoms with E-state index in [1.165, 1.54) is 23.9 Å². The average molecular weight is 503 g/mol. The summed E-state index contributed by atoms with van der Waals surface area (Å²) in [6, 6.07) is 9.45. The van der Waals surface area contributed by atoms with Crippen molar-refractivity contribution in [2.45, 2.75) is 13.8 Å². The fourth-order valence-electron chi connectivity index (χ4n) is 2.84. The van der Waals surface area contributed by atoms with E-state index in [2.05, 4.69) is 26.8 Å². The molecule has 1 fully saturated rings. The van der Waals surface area contributed by atoms with Gasteiger partial charge in [-0.25, -0.2) is 9.38 Å². The third-order valence-electron chi connectivity index (χ3n) is 4.18. The van der Waals surface area contributed by atoms with Crippen LogP contribution in [0.2, 0.25) is 0 Å². The number of amides is 1. The van der Waals surface area contributed by atoms with Gasteiger partial charge in [0.25, 0.3) is 5.91 Å². The fourth-order valence-corrected chi connectivity index (χ4v) is 4.47. The Kier molecular flexibility index (Phi) is 7.77. The first-order valence-electron chi connectivity index (χ1n) is 9.55. The third-order valence-corrected chi connectivity index (χ3v) is 5.78. The van der Waals surface area contributed by atoms with Crippen molar-refractivity contribution in [3.63, 3.8) is 0 Å². The van der Waals surface area contributed by atoms with Crippen molar-refractivity contribution in [1.29, 1.82) is 0 Å². The summed E-state index contributed by atoms with van der Waals surface area (Å²) >= 11 is 4.76. The molecule has 2 aromatic carbocycles. The summed E-state index contributed by atoms with van der Waals surface area (Å²) in [5.74, 6) is 3.00. The number of nitrogens with zero attached hydrogens (tertiary/aromatic N) is 2. The van der Waals surface area contributed by atoms with E-state index in [4.69, 9.17) is 15.9 Å². The fraction of sp³-hybridized carbons (Fsp3) is 0.217. The second kappa shape index (κ2) is 10.5. The smallest absolute Gasteiger partial charge is 0.266 e. The molecule has 0 atom stereocenters. The topological polar surface area (TPSA) is 51.1 Å². The number of amidine groups is 1. The summed E-state index contributed by atoms with van der Waals surface area (Å²) in [6.45, 7) is 4.78. The number of aliphatic imine (C=N–C) groups is 1. The second-order valence-electron chi connectivity index (χ2n) is 6.29. The first kappa shape index (κ1) is 22.9. The Hall–Kier alpha value is -2.76. The lowest BCUT2D eigenvalue weighted by atomic mass is 10.2. The lowest BCUT2D eigenvalue weighted by Crippen LogP contribution is -2.28. The molecular formula is C23H20BrFN2O3S. The summed E-state index contributed by atoms with van der Waals surface area (Å²) in [7, 11) is 0. The summed E-state index contributed by atoms with van der Waals surface area (Å²) in [6.07, 6.45) is 7.07. The summed E-state index contributed by atoms with van der Waals surface area (Å²) in [5.41, 5.74) is 1.34. The Morgan fingerprint density at radius 1 is 1.26 bits per heavy atom. The zero-order valence-corrected chi connectivity index (χ0v) is 19.4. The van der Waals surface area contributed by atoms with Gasteiger partial charge in [0.05, 0.1) is 21.7 Å². The van der Waals surface area contributed by atoms with Gasteiger partial charge in [-0.05, 0) is 89.6 Å². The number of thioether (sulfide) groups is 1. The molecule has 1 aliphatic heterocycles. The highest BCUT2D eigenvalue weighted by Crippen LogP contribution is 2.39. The van der Waals surface area contributed by atoms with E-state index < -0.39 is 0 Å². The lowest BCUT2D eigenvalue weighted by molar-refractivity contribution is -0.122. The molecular weight excluding hydrogens is 483 g/mol. The molecule has 0 aromatic heterocycles. The largest absolute Gasteiger partial charge is 0.490 e. The number of terminal acetylenes is 1. The van der Waals surface area contributed by atoms with Gasteiger partial charge in [0.15, 0.2) is 16.7 Å². The highest BCUT2D eigenvalue weighted by molar-refractivity contribution is 9.10. The van der Waals surface area contributed by atoms with Gasteiger partial charge in [0.2, 0.25) is 0 Å². The number of rotatable bonds is 7. The minimum absolute atomic E-state index is 0.113. The molecule has 1 amide bonds. The van der Waals surface area contributed by atoms with E-state index in [0.717, 1.165) is 5.56 Å². The predicted molar refractivity (Wildman–Crippen MR) is 126 cm³/mol. The number of ether oxygens (including phenoxy) is 2. The quantitative estimate of drug-likeness (QED) is 0.364. The van der Waals surface area contributed by atoms with Crippen LogP contribution < -0.4 is 9.47 Å². The van der Waals surface area contributed by atoms with Crippen LogP contribution in [0.4, 0.5) is 10.1 Å². The molecule has 0 aliphatic carbocycles. The third kappa shape index (κ3) is 5.49. The summed E-state index contributed by atoms with van der Waals surface area (Å²) in [5, 5.41) is 0.545. The monoisotopic (exact) mass is 502 g/mol. The zero-order chi connectivity index (χ0) is 22.4. The zero-order valence-electron chi connectivity index (χ0n) is 17.0. The number of halogens is 2.